The van der Waals surface area contributed by atoms with E-state index in [4.69, 9.17) is 39.5 Å². The fraction of sp³-hybridized carbons (Fsp3) is 0.481. The van der Waals surface area contributed by atoms with Crippen molar-refractivity contribution in [1.82, 2.24) is 40.3 Å². The number of carbonyl (C=O) groups excluding carboxylic acids is 3. The molecule has 4 amide bonds. The number of para-hydroxylation sites is 1. The van der Waals surface area contributed by atoms with Gasteiger partial charge in [-0.1, -0.05) is 50.4 Å². The van der Waals surface area contributed by atoms with Gasteiger partial charge in [0.05, 0.1) is 11.1 Å². The fourth-order valence-corrected chi connectivity index (χ4v) is 11.7. The second kappa shape index (κ2) is 18.8. The molecule has 3 unspecified atom stereocenters. The van der Waals surface area contributed by atoms with Crippen LogP contribution in [-0.4, -0.2) is 115 Å². The first-order valence-electron chi connectivity index (χ1n) is 24.1. The summed E-state index contributed by atoms with van der Waals surface area (Å²) in [7, 11) is 0. The highest BCUT2D eigenvalue weighted by Gasteiger charge is 2.56. The number of nitrogens with one attached hydrogen (secondary N) is 3. The Morgan fingerprint density at radius 2 is 1.75 bits per heavy atom. The van der Waals surface area contributed by atoms with Gasteiger partial charge in [0.1, 0.15) is 29.4 Å². The lowest BCUT2D eigenvalue weighted by atomic mass is 9.60. The van der Waals surface area contributed by atoms with Crippen molar-refractivity contribution in [2.45, 2.75) is 109 Å². The number of carbonyl (C=O) groups is 3. The predicted molar refractivity (Wildman–Crippen MR) is 267 cm³/mol. The van der Waals surface area contributed by atoms with Crippen molar-refractivity contribution in [1.29, 1.82) is 0 Å². The number of benzene rings is 2. The fourth-order valence-electron chi connectivity index (χ4n) is 11.4. The number of phenols is 2. The molecule has 69 heavy (non-hydrogen) atoms. The van der Waals surface area contributed by atoms with Crippen LogP contribution < -0.4 is 27.0 Å². The first-order chi connectivity index (χ1) is 32.9. The zero-order valence-electron chi connectivity index (χ0n) is 39.9. The average Bonchev–Trinajstić information content (AvgIpc) is 3.91. The zero-order valence-corrected chi connectivity index (χ0v) is 40.7. The number of hydrogen-bond donors (Lipinski definition) is 7. The van der Waals surface area contributed by atoms with Gasteiger partial charge in [0.2, 0.25) is 17.8 Å². The maximum Gasteiger partial charge on any atom is 0.318 e. The van der Waals surface area contributed by atoms with Crippen molar-refractivity contribution in [2.75, 3.05) is 49.9 Å². The molecular formula is C52H64ClN11O5. The lowest BCUT2D eigenvalue weighted by Gasteiger charge is -2.61. The molecule has 3 atom stereocenters. The lowest BCUT2D eigenvalue weighted by Crippen LogP contribution is -2.70. The molecular weight excluding hydrogens is 894 g/mol. The minimum absolute atomic E-state index is 0.0260. The highest BCUT2D eigenvalue weighted by atomic mass is 35.5. The van der Waals surface area contributed by atoms with Crippen LogP contribution in [0.4, 0.5) is 16.6 Å². The molecule has 17 heteroatoms. The Kier molecular flexibility index (Phi) is 13.0. The van der Waals surface area contributed by atoms with Gasteiger partial charge in [0, 0.05) is 102 Å². The number of anilines is 2. The van der Waals surface area contributed by atoms with Crippen LogP contribution in [0, 0.1) is 23.2 Å². The first kappa shape index (κ1) is 47.6. The van der Waals surface area contributed by atoms with E-state index in [1.54, 1.807) is 29.2 Å². The molecule has 9 N–H and O–H groups in total. The molecule has 0 radical (unpaired) electrons. The number of H-pyrrole nitrogens is 1. The summed E-state index contributed by atoms with van der Waals surface area (Å²) in [4.78, 5) is 62.7. The Balaban J connectivity index is 0.738. The van der Waals surface area contributed by atoms with Crippen LogP contribution >= 0.6 is 11.6 Å². The molecule has 4 aliphatic heterocycles. The van der Waals surface area contributed by atoms with Crippen LogP contribution in [0.2, 0.25) is 5.02 Å². The minimum Gasteiger partial charge on any atom is -0.508 e. The van der Waals surface area contributed by atoms with Gasteiger partial charge in [-0.2, -0.15) is 0 Å². The van der Waals surface area contributed by atoms with Gasteiger partial charge in [0.15, 0.2) is 0 Å². The van der Waals surface area contributed by atoms with Crippen molar-refractivity contribution in [3.05, 3.63) is 92.9 Å². The first-order valence-corrected chi connectivity index (χ1v) is 24.5. The van der Waals surface area contributed by atoms with Crippen molar-refractivity contribution in [2.24, 2.45) is 16.6 Å². The van der Waals surface area contributed by atoms with Gasteiger partial charge in [-0.15, -0.1) is 6.42 Å². The Labute approximate surface area is 408 Å². The summed E-state index contributed by atoms with van der Waals surface area (Å²) >= 11 is 6.34. The summed E-state index contributed by atoms with van der Waals surface area (Å²) < 4.78 is 0. The van der Waals surface area contributed by atoms with E-state index in [1.807, 2.05) is 50.2 Å². The number of aromatic hydroxyl groups is 2. The molecule has 2 aromatic heterocycles. The molecule has 1 saturated carbocycles. The SMILES string of the molecule is C#Cc1cc(O)c(CNC(=O)C2CCCN2C(=O)C(NC(=O)N2CC3(CC(N4CCC(c5cnc(N6CCc7[nH]c(N)c(/C=C(\N)c8ccccc8O)c7C6C)nc5)CC4)C3)C2)C(C)(C)C)c(Cl)c1. The summed E-state index contributed by atoms with van der Waals surface area (Å²) in [5.74, 6) is 3.40. The second-order valence-electron chi connectivity index (χ2n) is 20.9. The summed E-state index contributed by atoms with van der Waals surface area (Å²) in [6.07, 6.45) is 17.3. The third-order valence-corrected chi connectivity index (χ3v) is 15.6. The zero-order chi connectivity index (χ0) is 48.9. The van der Waals surface area contributed by atoms with Crippen LogP contribution in [0.1, 0.15) is 117 Å². The maximum absolute atomic E-state index is 14.2. The van der Waals surface area contributed by atoms with Crippen molar-refractivity contribution >= 4 is 53.0 Å². The van der Waals surface area contributed by atoms with E-state index in [9.17, 15) is 24.6 Å². The third-order valence-electron chi connectivity index (χ3n) is 15.3. The van der Waals surface area contributed by atoms with Crippen molar-refractivity contribution in [3.63, 3.8) is 0 Å². The number of urea groups is 1. The molecule has 4 fully saturated rings. The molecule has 9 rings (SSSR count). The topological polar surface area (TPSA) is 222 Å². The van der Waals surface area contributed by atoms with E-state index in [-0.39, 0.29) is 52.4 Å². The number of phenolic OH excluding ortho intramolecular Hbond substituents is 2. The molecule has 6 heterocycles. The summed E-state index contributed by atoms with van der Waals surface area (Å²) in [5, 5.41) is 27.0. The van der Waals surface area contributed by atoms with E-state index >= 15 is 0 Å². The number of aromatic nitrogens is 3. The predicted octanol–water partition coefficient (Wildman–Crippen LogP) is 6.09. The summed E-state index contributed by atoms with van der Waals surface area (Å²) in [6, 6.07) is 8.60. The van der Waals surface area contributed by atoms with Gasteiger partial charge in [-0.3, -0.25) is 9.59 Å². The molecule has 5 aliphatic rings. The number of amides is 4. The number of fused-ring (bicyclic) bond motifs is 1. The number of terminal acetylenes is 1. The van der Waals surface area contributed by atoms with Crippen LogP contribution in [0.3, 0.4) is 0 Å². The van der Waals surface area contributed by atoms with Crippen LogP contribution in [0.5, 0.6) is 11.5 Å². The Morgan fingerprint density at radius 1 is 1.04 bits per heavy atom. The molecule has 364 valence electrons. The van der Waals surface area contributed by atoms with E-state index < -0.39 is 17.5 Å². The van der Waals surface area contributed by atoms with E-state index in [1.165, 1.54) is 6.07 Å². The number of rotatable bonds is 10. The number of likely N-dealkylation sites (tertiary alicyclic amines) is 3. The van der Waals surface area contributed by atoms with Gasteiger partial charge < -0.3 is 56.9 Å². The molecule has 0 bridgehead atoms. The number of nitrogens with two attached hydrogens (primary N) is 2. The molecule has 3 saturated heterocycles. The Hall–Kier alpha value is -6.44. The number of nitrogens with zero attached hydrogens (tertiary/aromatic N) is 6. The van der Waals surface area contributed by atoms with Gasteiger partial charge >= 0.3 is 6.03 Å². The Morgan fingerprint density at radius 3 is 2.42 bits per heavy atom. The average molecular weight is 959 g/mol. The largest absolute Gasteiger partial charge is 0.508 e. The van der Waals surface area contributed by atoms with Crippen molar-refractivity contribution in [3.8, 4) is 23.8 Å². The van der Waals surface area contributed by atoms with Crippen LogP contribution in [0.25, 0.3) is 11.8 Å². The second-order valence-corrected chi connectivity index (χ2v) is 21.3. The summed E-state index contributed by atoms with van der Waals surface area (Å²) in [6.45, 7) is 12.3. The van der Waals surface area contributed by atoms with Crippen LogP contribution in [0.15, 0.2) is 48.8 Å². The van der Waals surface area contributed by atoms with E-state index in [0.717, 1.165) is 74.1 Å². The third kappa shape index (κ3) is 9.38. The highest BCUT2D eigenvalue weighted by molar-refractivity contribution is 6.31. The number of halogens is 1. The number of hydrogen-bond acceptors (Lipinski definition) is 11. The standard InChI is InChI=1S/C52H64ClN11O5/c1-6-31-20-38(53)37(43(66)21-31)27-56-47(67)41-11-9-16-64(41)48(68)45(51(3,4)5)60-50(69)62-28-52(29-62)23-34(24-52)61-17-13-32(14-18-61)33-25-57-49(58-26-33)63-19-15-40-44(30(63)2)36(46(55)59-40)22-39(54)35-10-7-8-12-42(35)65/h1,7-8,10,12,20-22,25-26,30,32,34,41,45,59,65-66H,9,11,13-19,23-24,27-29,54-55H2,2-5H3,(H,56,67)(H,60,69)/b39-22-. The van der Waals surface area contributed by atoms with Gasteiger partial charge in [-0.05, 0) is 106 Å². The van der Waals surface area contributed by atoms with Crippen LogP contribution in [-0.2, 0) is 22.6 Å². The van der Waals surface area contributed by atoms with Gasteiger partial charge in [-0.25, -0.2) is 14.8 Å². The number of piperidine rings is 1. The normalized spacial score (nSPS) is 21.3. The van der Waals surface area contributed by atoms with E-state index in [0.29, 0.717) is 78.6 Å². The summed E-state index contributed by atoms with van der Waals surface area (Å²) in [5.41, 5.74) is 18.3. The lowest BCUT2D eigenvalue weighted by molar-refractivity contribution is -0.142. The van der Waals surface area contributed by atoms with Gasteiger partial charge in [0.25, 0.3) is 0 Å². The molecule has 16 nitrogen and oxygen atoms in total. The van der Waals surface area contributed by atoms with Crippen molar-refractivity contribution < 1.29 is 24.6 Å². The molecule has 1 spiro atoms. The monoisotopic (exact) mass is 957 g/mol. The quantitative estimate of drug-likeness (QED) is 0.0902. The number of aromatic amines is 1. The number of nitrogen functional groups attached to an aromatic ring is 1. The molecule has 4 aromatic rings. The van der Waals surface area contributed by atoms with E-state index in [2.05, 4.69) is 38.3 Å². The Bertz CT molecular complexity index is 2660. The highest BCUT2D eigenvalue weighted by Crippen LogP contribution is 2.51. The molecule has 2 aromatic carbocycles. The maximum atomic E-state index is 14.2. The smallest absolute Gasteiger partial charge is 0.318 e. The minimum atomic E-state index is -0.832. The molecule has 1 aliphatic carbocycles.